The smallest absolute Gasteiger partial charge is 0.331 e. The number of carbonyl (C=O) groups excluding carboxylic acids is 3. The van der Waals surface area contributed by atoms with Crippen LogP contribution in [-0.4, -0.2) is 44.5 Å². The van der Waals surface area contributed by atoms with Crippen molar-refractivity contribution in [2.45, 2.75) is 25.8 Å². The second-order valence-electron chi connectivity index (χ2n) is 6.51. The lowest BCUT2D eigenvalue weighted by Crippen LogP contribution is -2.26. The average molecular weight is 407 g/mol. The molecule has 0 radical (unpaired) electrons. The second kappa shape index (κ2) is 10.1. The molecule has 1 N–H and O–H groups in total. The maximum Gasteiger partial charge on any atom is 0.331 e. The average Bonchev–Trinajstić information content (AvgIpc) is 3.31. The molecular weight excluding hydrogens is 386 g/mol. The highest BCUT2D eigenvalue weighted by molar-refractivity contribution is 5.99. The number of ether oxygens (including phenoxy) is 1. The van der Waals surface area contributed by atoms with Crippen LogP contribution in [0.4, 0.5) is 5.69 Å². The standard InChI is InChI=1S/C21H21N5O4/c1-2-20(28)23-17-10-8-16(9-11-17)19(27)13-30-21(29)18(26-14-22-24-25-26)12-15-6-4-3-5-7-15/h3-11,14,18H,2,12-13H2,1H3,(H,23,28)/t18-/m1/s1. The van der Waals surface area contributed by atoms with Gasteiger partial charge in [-0.3, -0.25) is 9.59 Å². The third-order valence-electron chi connectivity index (χ3n) is 4.39. The summed E-state index contributed by atoms with van der Waals surface area (Å²) in [4.78, 5) is 36.5. The number of hydrogen-bond acceptors (Lipinski definition) is 7. The Hall–Kier alpha value is -3.88. The number of aromatic nitrogens is 4. The van der Waals surface area contributed by atoms with Gasteiger partial charge < -0.3 is 10.1 Å². The fraction of sp³-hybridized carbons (Fsp3) is 0.238. The fourth-order valence-electron chi connectivity index (χ4n) is 2.74. The molecule has 0 unspecified atom stereocenters. The van der Waals surface area contributed by atoms with Gasteiger partial charge in [0.2, 0.25) is 5.91 Å². The molecule has 1 amide bonds. The van der Waals surface area contributed by atoms with Gasteiger partial charge in [0.15, 0.2) is 18.4 Å². The van der Waals surface area contributed by atoms with Crippen molar-refractivity contribution in [3.8, 4) is 0 Å². The van der Waals surface area contributed by atoms with Crippen LogP contribution >= 0.6 is 0 Å². The van der Waals surface area contributed by atoms with Gasteiger partial charge in [-0.25, -0.2) is 9.48 Å². The summed E-state index contributed by atoms with van der Waals surface area (Å²) in [5.41, 5.74) is 1.88. The number of carbonyl (C=O) groups is 3. The topological polar surface area (TPSA) is 116 Å². The molecule has 0 fully saturated rings. The van der Waals surface area contributed by atoms with E-state index in [0.29, 0.717) is 24.1 Å². The first-order valence-corrected chi connectivity index (χ1v) is 9.43. The van der Waals surface area contributed by atoms with Gasteiger partial charge in [0.05, 0.1) is 0 Å². The second-order valence-corrected chi connectivity index (χ2v) is 6.51. The molecule has 0 bridgehead atoms. The Morgan fingerprint density at radius 1 is 1.07 bits per heavy atom. The number of nitrogens with one attached hydrogen (secondary N) is 1. The van der Waals surface area contributed by atoms with Crippen molar-refractivity contribution in [1.29, 1.82) is 0 Å². The number of benzene rings is 2. The summed E-state index contributed by atoms with van der Waals surface area (Å²) in [5, 5.41) is 13.6. The number of hydrogen-bond donors (Lipinski definition) is 1. The summed E-state index contributed by atoms with van der Waals surface area (Å²) in [7, 11) is 0. The van der Waals surface area contributed by atoms with Gasteiger partial charge >= 0.3 is 5.97 Å². The van der Waals surface area contributed by atoms with Gasteiger partial charge in [0.1, 0.15) is 6.33 Å². The van der Waals surface area contributed by atoms with Crippen molar-refractivity contribution in [3.05, 3.63) is 72.1 Å². The number of nitrogens with zero attached hydrogens (tertiary/aromatic N) is 4. The van der Waals surface area contributed by atoms with E-state index in [4.69, 9.17) is 4.74 Å². The highest BCUT2D eigenvalue weighted by atomic mass is 16.5. The van der Waals surface area contributed by atoms with E-state index in [2.05, 4.69) is 20.8 Å². The molecule has 0 aliphatic heterocycles. The van der Waals surface area contributed by atoms with Crippen molar-refractivity contribution < 1.29 is 19.1 Å². The Bertz CT molecular complexity index is 988. The molecule has 2 aromatic carbocycles. The molecule has 0 aliphatic rings. The van der Waals surface area contributed by atoms with Crippen LogP contribution in [-0.2, 0) is 20.7 Å². The zero-order valence-corrected chi connectivity index (χ0v) is 16.4. The number of ketones is 1. The Morgan fingerprint density at radius 2 is 1.80 bits per heavy atom. The molecule has 1 aromatic heterocycles. The Labute approximate surface area is 173 Å². The third kappa shape index (κ3) is 5.57. The van der Waals surface area contributed by atoms with Gasteiger partial charge in [-0.15, -0.1) is 5.10 Å². The molecule has 9 nitrogen and oxygen atoms in total. The molecular formula is C21H21N5O4. The summed E-state index contributed by atoms with van der Waals surface area (Å²) in [6.45, 7) is 1.34. The molecule has 0 saturated carbocycles. The molecule has 9 heteroatoms. The summed E-state index contributed by atoms with van der Waals surface area (Å²) in [6.07, 6.45) is 2.02. The zero-order valence-electron chi connectivity index (χ0n) is 16.4. The minimum absolute atomic E-state index is 0.116. The highest BCUT2D eigenvalue weighted by Gasteiger charge is 2.25. The summed E-state index contributed by atoms with van der Waals surface area (Å²) >= 11 is 0. The monoisotopic (exact) mass is 407 g/mol. The van der Waals surface area contributed by atoms with Crippen LogP contribution in [0, 0.1) is 0 Å². The van der Waals surface area contributed by atoms with E-state index in [-0.39, 0.29) is 11.7 Å². The maximum atomic E-state index is 12.7. The lowest BCUT2D eigenvalue weighted by atomic mass is 10.1. The van der Waals surface area contributed by atoms with Crippen LogP contribution in [0.2, 0.25) is 0 Å². The van der Waals surface area contributed by atoms with E-state index < -0.39 is 18.6 Å². The molecule has 0 aliphatic carbocycles. The van der Waals surface area contributed by atoms with Gasteiger partial charge in [-0.2, -0.15) is 0 Å². The van der Waals surface area contributed by atoms with Crippen LogP contribution in [0.1, 0.15) is 35.3 Å². The molecule has 154 valence electrons. The van der Waals surface area contributed by atoms with Crippen molar-refractivity contribution in [3.63, 3.8) is 0 Å². The summed E-state index contributed by atoms with van der Waals surface area (Å²) in [5.74, 6) is -1.08. The third-order valence-corrected chi connectivity index (χ3v) is 4.39. The van der Waals surface area contributed by atoms with E-state index in [1.165, 1.54) is 11.0 Å². The summed E-state index contributed by atoms with van der Waals surface area (Å²) in [6, 6.07) is 15.0. The van der Waals surface area contributed by atoms with E-state index in [1.807, 2.05) is 30.3 Å². The van der Waals surface area contributed by atoms with Crippen molar-refractivity contribution >= 4 is 23.3 Å². The minimum Gasteiger partial charge on any atom is -0.456 e. The molecule has 1 heterocycles. The SMILES string of the molecule is CCC(=O)Nc1ccc(C(=O)COC(=O)[C@@H](Cc2ccccc2)n2cnnn2)cc1. The quantitative estimate of drug-likeness (QED) is 0.427. The summed E-state index contributed by atoms with van der Waals surface area (Å²) < 4.78 is 6.56. The Morgan fingerprint density at radius 3 is 2.43 bits per heavy atom. The van der Waals surface area contributed by atoms with Crippen molar-refractivity contribution in [2.24, 2.45) is 0 Å². The van der Waals surface area contributed by atoms with Crippen LogP contribution in [0.5, 0.6) is 0 Å². The number of tetrazole rings is 1. The van der Waals surface area contributed by atoms with E-state index in [1.54, 1.807) is 31.2 Å². The van der Waals surface area contributed by atoms with Crippen molar-refractivity contribution in [2.75, 3.05) is 11.9 Å². The minimum atomic E-state index is -0.790. The Balaban J connectivity index is 1.62. The highest BCUT2D eigenvalue weighted by Crippen LogP contribution is 2.16. The molecule has 3 aromatic rings. The number of esters is 1. The van der Waals surface area contributed by atoms with Crippen molar-refractivity contribution in [1.82, 2.24) is 20.2 Å². The van der Waals surface area contributed by atoms with Crippen LogP contribution in [0.25, 0.3) is 0 Å². The first-order chi connectivity index (χ1) is 14.6. The predicted octanol–water partition coefficient (Wildman–Crippen LogP) is 2.23. The number of amides is 1. The first-order valence-electron chi connectivity index (χ1n) is 9.43. The first kappa shape index (κ1) is 20.8. The normalized spacial score (nSPS) is 11.5. The Kier molecular flexibility index (Phi) is 6.99. The van der Waals surface area contributed by atoms with Gasteiger partial charge in [-0.1, -0.05) is 37.3 Å². The van der Waals surface area contributed by atoms with Gasteiger partial charge in [0.25, 0.3) is 0 Å². The molecule has 0 spiro atoms. The number of Topliss-reactive ketones (excluding diaryl/α,β-unsaturated/α-hetero) is 1. The van der Waals surface area contributed by atoms with Crippen LogP contribution < -0.4 is 5.32 Å². The van der Waals surface area contributed by atoms with Gasteiger partial charge in [0, 0.05) is 24.1 Å². The largest absolute Gasteiger partial charge is 0.456 e. The molecule has 30 heavy (non-hydrogen) atoms. The lowest BCUT2D eigenvalue weighted by Gasteiger charge is -2.15. The maximum absolute atomic E-state index is 12.7. The van der Waals surface area contributed by atoms with Gasteiger partial charge in [-0.05, 0) is 40.3 Å². The van der Waals surface area contributed by atoms with E-state index >= 15 is 0 Å². The molecule has 3 rings (SSSR count). The predicted molar refractivity (Wildman–Crippen MR) is 108 cm³/mol. The number of rotatable bonds is 9. The molecule has 1 atom stereocenters. The number of anilines is 1. The molecule has 0 saturated heterocycles. The van der Waals surface area contributed by atoms with Crippen LogP contribution in [0.3, 0.4) is 0 Å². The van der Waals surface area contributed by atoms with E-state index in [9.17, 15) is 14.4 Å². The lowest BCUT2D eigenvalue weighted by molar-refractivity contribution is -0.146. The van der Waals surface area contributed by atoms with E-state index in [0.717, 1.165) is 5.56 Å². The fourth-order valence-corrected chi connectivity index (χ4v) is 2.74. The van der Waals surface area contributed by atoms with Crippen LogP contribution in [0.15, 0.2) is 60.9 Å². The zero-order chi connectivity index (χ0) is 21.3.